The summed E-state index contributed by atoms with van der Waals surface area (Å²) in [5, 5.41) is 11.0. The van der Waals surface area contributed by atoms with Gasteiger partial charge in [-0.25, -0.2) is 4.79 Å². The highest BCUT2D eigenvalue weighted by Gasteiger charge is 2.20. The molecule has 7 nitrogen and oxygen atoms in total. The lowest BCUT2D eigenvalue weighted by Gasteiger charge is -2.13. The van der Waals surface area contributed by atoms with E-state index in [1.165, 1.54) is 0 Å². The number of hydrogen-bond donors (Lipinski definition) is 2. The Morgan fingerprint density at radius 1 is 1.28 bits per heavy atom. The van der Waals surface area contributed by atoms with Crippen molar-refractivity contribution in [2.45, 2.75) is 39.2 Å². The molecule has 2 N–H and O–H groups in total. The van der Waals surface area contributed by atoms with E-state index in [-0.39, 0.29) is 18.6 Å². The highest BCUT2D eigenvalue weighted by molar-refractivity contribution is 5.86. The molecular formula is C11H17NO6. The van der Waals surface area contributed by atoms with Crippen LogP contribution < -0.4 is 5.32 Å². The van der Waals surface area contributed by atoms with Crippen LogP contribution in [-0.4, -0.2) is 41.4 Å². The van der Waals surface area contributed by atoms with Crippen molar-refractivity contribution in [3.05, 3.63) is 0 Å². The van der Waals surface area contributed by atoms with E-state index in [4.69, 9.17) is 5.11 Å². The molecule has 0 aliphatic carbocycles. The molecule has 0 bridgehead atoms. The van der Waals surface area contributed by atoms with Crippen LogP contribution in [0, 0.1) is 0 Å². The third-order valence-corrected chi connectivity index (χ3v) is 2.15. The number of ether oxygens (including phenoxy) is 1. The lowest BCUT2D eigenvalue weighted by molar-refractivity contribution is -0.148. The van der Waals surface area contributed by atoms with Crippen LogP contribution in [0.2, 0.25) is 0 Å². The van der Waals surface area contributed by atoms with Gasteiger partial charge in [0.1, 0.15) is 11.8 Å². The van der Waals surface area contributed by atoms with E-state index >= 15 is 0 Å². The van der Waals surface area contributed by atoms with Crippen molar-refractivity contribution in [2.75, 3.05) is 6.61 Å². The SMILES string of the molecule is CCC(=O)CC[C@H](NC(=O)COC(C)=O)C(=O)O. The first-order valence-corrected chi connectivity index (χ1v) is 5.54. The molecule has 0 radical (unpaired) electrons. The van der Waals surface area contributed by atoms with Gasteiger partial charge in [-0.2, -0.15) is 0 Å². The maximum atomic E-state index is 11.2. The number of rotatable bonds is 8. The summed E-state index contributed by atoms with van der Waals surface area (Å²) in [4.78, 5) is 43.6. The van der Waals surface area contributed by atoms with Crippen molar-refractivity contribution in [2.24, 2.45) is 0 Å². The number of carbonyl (C=O) groups excluding carboxylic acids is 3. The van der Waals surface area contributed by atoms with Gasteiger partial charge < -0.3 is 15.2 Å². The van der Waals surface area contributed by atoms with Crippen LogP contribution in [0.4, 0.5) is 0 Å². The molecule has 7 heteroatoms. The standard InChI is InChI=1S/C11H17NO6/c1-3-8(14)4-5-9(11(16)17)12-10(15)6-18-7(2)13/h9H,3-6H2,1-2H3,(H,12,15)(H,16,17)/t9-/m0/s1. The summed E-state index contributed by atoms with van der Waals surface area (Å²) in [5.41, 5.74) is 0. The molecule has 0 saturated heterocycles. The molecule has 102 valence electrons. The lowest BCUT2D eigenvalue weighted by Crippen LogP contribution is -2.42. The second kappa shape index (κ2) is 8.21. The first-order valence-electron chi connectivity index (χ1n) is 5.54. The summed E-state index contributed by atoms with van der Waals surface area (Å²) in [6, 6.07) is -1.15. The molecular weight excluding hydrogens is 242 g/mol. The smallest absolute Gasteiger partial charge is 0.326 e. The van der Waals surface area contributed by atoms with Gasteiger partial charge in [0.05, 0.1) is 0 Å². The van der Waals surface area contributed by atoms with Crippen LogP contribution in [0.15, 0.2) is 0 Å². The van der Waals surface area contributed by atoms with Crippen LogP contribution in [0.5, 0.6) is 0 Å². The number of amides is 1. The Labute approximate surface area is 104 Å². The number of nitrogens with one attached hydrogen (secondary N) is 1. The Bertz CT molecular complexity index is 338. The van der Waals surface area contributed by atoms with Gasteiger partial charge in [0.15, 0.2) is 6.61 Å². The molecule has 1 amide bonds. The van der Waals surface area contributed by atoms with Crippen LogP contribution in [0.3, 0.4) is 0 Å². The van der Waals surface area contributed by atoms with E-state index in [0.717, 1.165) is 6.92 Å². The first kappa shape index (κ1) is 16.1. The molecule has 0 fully saturated rings. The molecule has 0 heterocycles. The third kappa shape index (κ3) is 7.37. The van der Waals surface area contributed by atoms with Gasteiger partial charge in [-0.15, -0.1) is 0 Å². The monoisotopic (exact) mass is 259 g/mol. The molecule has 0 aromatic heterocycles. The molecule has 18 heavy (non-hydrogen) atoms. The van der Waals surface area contributed by atoms with Crippen molar-refractivity contribution in [3.63, 3.8) is 0 Å². The molecule has 0 aromatic rings. The highest BCUT2D eigenvalue weighted by Crippen LogP contribution is 2.01. The lowest BCUT2D eigenvalue weighted by atomic mass is 10.1. The predicted octanol–water partition coefficient (Wildman–Crippen LogP) is -0.122. The van der Waals surface area contributed by atoms with Crippen LogP contribution in [-0.2, 0) is 23.9 Å². The quantitative estimate of drug-likeness (QED) is 0.588. The third-order valence-electron chi connectivity index (χ3n) is 2.15. The maximum absolute atomic E-state index is 11.2. The number of carboxylic acids is 1. The minimum Gasteiger partial charge on any atom is -0.480 e. The summed E-state index contributed by atoms with van der Waals surface area (Å²) in [6.07, 6.45) is 0.433. The van der Waals surface area contributed by atoms with Crippen molar-refractivity contribution >= 4 is 23.6 Å². The largest absolute Gasteiger partial charge is 0.480 e. The molecule has 1 atom stereocenters. The van der Waals surface area contributed by atoms with Crippen molar-refractivity contribution in [3.8, 4) is 0 Å². The van der Waals surface area contributed by atoms with Gasteiger partial charge in [0.25, 0.3) is 5.91 Å². The Morgan fingerprint density at radius 2 is 1.89 bits per heavy atom. The number of aliphatic carboxylic acids is 1. The first-order chi connectivity index (χ1) is 8.36. The molecule has 0 aliphatic heterocycles. The molecule has 0 saturated carbocycles. The van der Waals surface area contributed by atoms with Gasteiger partial charge in [0, 0.05) is 19.8 Å². The highest BCUT2D eigenvalue weighted by atomic mass is 16.5. The number of hydrogen-bond acceptors (Lipinski definition) is 5. The van der Waals surface area contributed by atoms with E-state index < -0.39 is 30.5 Å². The van der Waals surface area contributed by atoms with E-state index in [1.807, 2.05) is 0 Å². The number of carbonyl (C=O) groups is 4. The molecule has 0 aromatic carbocycles. The summed E-state index contributed by atoms with van der Waals surface area (Å²) < 4.78 is 4.42. The number of Topliss-reactive ketones (excluding diaryl/α,β-unsaturated/α-hetero) is 1. The van der Waals surface area contributed by atoms with Crippen molar-refractivity contribution in [1.82, 2.24) is 5.32 Å². The van der Waals surface area contributed by atoms with E-state index in [9.17, 15) is 19.2 Å². The minimum absolute atomic E-state index is 0.0216. The zero-order valence-corrected chi connectivity index (χ0v) is 10.4. The average Bonchev–Trinajstić information content (AvgIpc) is 2.30. The summed E-state index contributed by atoms with van der Waals surface area (Å²) in [6.45, 7) is 2.29. The summed E-state index contributed by atoms with van der Waals surface area (Å²) in [5.74, 6) is -2.63. The Hall–Kier alpha value is -1.92. The summed E-state index contributed by atoms with van der Waals surface area (Å²) >= 11 is 0. The number of esters is 1. The van der Waals surface area contributed by atoms with E-state index in [2.05, 4.69) is 10.1 Å². The van der Waals surface area contributed by atoms with Crippen molar-refractivity contribution < 1.29 is 29.0 Å². The Balaban J connectivity index is 4.18. The van der Waals surface area contributed by atoms with Crippen LogP contribution in [0.1, 0.15) is 33.1 Å². The summed E-state index contributed by atoms with van der Waals surface area (Å²) in [7, 11) is 0. The topological polar surface area (TPSA) is 110 Å². The van der Waals surface area contributed by atoms with Crippen LogP contribution in [0.25, 0.3) is 0 Å². The van der Waals surface area contributed by atoms with E-state index in [0.29, 0.717) is 6.42 Å². The predicted molar refractivity (Wildman–Crippen MR) is 60.7 cm³/mol. The molecule has 0 aliphatic rings. The zero-order valence-electron chi connectivity index (χ0n) is 10.4. The van der Waals surface area contributed by atoms with Gasteiger partial charge in [0.2, 0.25) is 0 Å². The normalized spacial score (nSPS) is 11.4. The average molecular weight is 259 g/mol. The fraction of sp³-hybridized carbons (Fsp3) is 0.636. The number of ketones is 1. The fourth-order valence-electron chi connectivity index (χ4n) is 1.14. The van der Waals surface area contributed by atoms with Crippen LogP contribution >= 0.6 is 0 Å². The maximum Gasteiger partial charge on any atom is 0.326 e. The fourth-order valence-corrected chi connectivity index (χ4v) is 1.14. The second-order valence-corrected chi connectivity index (χ2v) is 3.67. The van der Waals surface area contributed by atoms with Gasteiger partial charge in [-0.05, 0) is 6.42 Å². The van der Waals surface area contributed by atoms with Gasteiger partial charge in [-0.3, -0.25) is 14.4 Å². The van der Waals surface area contributed by atoms with Gasteiger partial charge in [-0.1, -0.05) is 6.92 Å². The van der Waals surface area contributed by atoms with Crippen molar-refractivity contribution in [1.29, 1.82) is 0 Å². The zero-order chi connectivity index (χ0) is 14.1. The Kier molecular flexibility index (Phi) is 7.34. The molecule has 0 unspecified atom stereocenters. The molecule has 0 rings (SSSR count). The second-order valence-electron chi connectivity index (χ2n) is 3.67. The molecule has 0 spiro atoms. The van der Waals surface area contributed by atoms with Gasteiger partial charge >= 0.3 is 11.9 Å². The Morgan fingerprint density at radius 3 is 2.33 bits per heavy atom. The minimum atomic E-state index is -1.23. The number of carboxylic acid groups (broad SMARTS) is 1. The van der Waals surface area contributed by atoms with E-state index in [1.54, 1.807) is 6.92 Å².